The van der Waals surface area contributed by atoms with E-state index in [-0.39, 0.29) is 6.04 Å². The first-order chi connectivity index (χ1) is 4.63. The largest absolute Gasteiger partial charge is 0.480 e. The summed E-state index contributed by atoms with van der Waals surface area (Å²) in [5, 5.41) is 8.63. The number of hydrogen-bond acceptors (Lipinski definition) is 2. The third-order valence-electron chi connectivity index (χ3n) is 1.70. The fraction of sp³-hybridized carbons (Fsp3) is 0.857. The van der Waals surface area contributed by atoms with Crippen molar-refractivity contribution < 1.29 is 9.90 Å². The number of likely N-dealkylation sites (N-methyl/N-ethyl adjacent to an activating group) is 1. The number of aliphatic carboxylic acids is 1. The lowest BCUT2D eigenvalue weighted by Crippen LogP contribution is -2.37. The van der Waals surface area contributed by atoms with Crippen LogP contribution in [0.25, 0.3) is 0 Å². The molecule has 0 aliphatic rings. The van der Waals surface area contributed by atoms with Gasteiger partial charge < -0.3 is 5.11 Å². The molecule has 0 fully saturated rings. The van der Waals surface area contributed by atoms with E-state index in [1.807, 2.05) is 25.8 Å². The van der Waals surface area contributed by atoms with E-state index in [1.54, 1.807) is 0 Å². The molecule has 60 valence electrons. The fourth-order valence-corrected chi connectivity index (χ4v) is 0.895. The zero-order valence-electron chi connectivity index (χ0n) is 6.79. The van der Waals surface area contributed by atoms with Crippen LogP contribution in [-0.2, 0) is 4.79 Å². The normalized spacial score (nSPS) is 13.6. The zero-order valence-corrected chi connectivity index (χ0v) is 6.79. The Morgan fingerprint density at radius 2 is 2.10 bits per heavy atom. The molecule has 0 rings (SSSR count). The molecule has 3 heteroatoms. The molecule has 0 heterocycles. The molecule has 0 aliphatic heterocycles. The summed E-state index contributed by atoms with van der Waals surface area (Å²) in [4.78, 5) is 12.3. The highest BCUT2D eigenvalue weighted by Crippen LogP contribution is 1.99. The van der Waals surface area contributed by atoms with Gasteiger partial charge in [0.2, 0.25) is 0 Å². The molecule has 0 aromatic rings. The zero-order chi connectivity index (χ0) is 8.15. The summed E-state index contributed by atoms with van der Waals surface area (Å²) in [6.07, 6.45) is 0.666. The molecule has 3 nitrogen and oxygen atoms in total. The highest BCUT2D eigenvalue weighted by atomic mass is 16.4. The summed E-state index contributed by atoms with van der Waals surface area (Å²) >= 11 is 0. The first-order valence-corrected chi connectivity index (χ1v) is 3.56. The van der Waals surface area contributed by atoms with Crippen molar-refractivity contribution in [2.75, 3.05) is 13.6 Å². The Morgan fingerprint density at radius 3 is 2.20 bits per heavy atom. The molecule has 1 atom stereocenters. The first-order valence-electron chi connectivity index (χ1n) is 3.56. The van der Waals surface area contributed by atoms with Gasteiger partial charge in [-0.05, 0) is 20.0 Å². The Morgan fingerprint density at radius 1 is 1.60 bits per heavy atom. The Bertz CT molecular complexity index is 114. The average Bonchev–Trinajstić information content (AvgIpc) is 1.88. The van der Waals surface area contributed by atoms with Crippen LogP contribution in [0.15, 0.2) is 0 Å². The van der Waals surface area contributed by atoms with Crippen molar-refractivity contribution in [3.8, 4) is 0 Å². The Hall–Kier alpha value is -0.570. The minimum atomic E-state index is -0.730. The van der Waals surface area contributed by atoms with Crippen molar-refractivity contribution in [3.63, 3.8) is 0 Å². The second kappa shape index (κ2) is 4.28. The van der Waals surface area contributed by atoms with E-state index in [9.17, 15) is 4.79 Å². The predicted molar refractivity (Wildman–Crippen MR) is 40.0 cm³/mol. The molecule has 0 saturated heterocycles. The second-order valence-electron chi connectivity index (χ2n) is 2.34. The van der Waals surface area contributed by atoms with Crippen LogP contribution in [0.3, 0.4) is 0 Å². The highest BCUT2D eigenvalue weighted by Gasteiger charge is 2.17. The Balaban J connectivity index is 3.92. The van der Waals surface area contributed by atoms with Gasteiger partial charge >= 0.3 is 5.97 Å². The maximum atomic E-state index is 10.5. The highest BCUT2D eigenvalue weighted by molar-refractivity contribution is 5.73. The van der Waals surface area contributed by atoms with Gasteiger partial charge in [0.15, 0.2) is 0 Å². The van der Waals surface area contributed by atoms with E-state index in [4.69, 9.17) is 5.11 Å². The van der Waals surface area contributed by atoms with Crippen molar-refractivity contribution >= 4 is 5.97 Å². The standard InChI is InChI=1S/C7H15NO2/c1-4-6(7(9)10)8(3)5-2/h6H,4-5H2,1-3H3,(H,9,10)/t6-/m0/s1. The fourth-order valence-electron chi connectivity index (χ4n) is 0.895. The third-order valence-corrected chi connectivity index (χ3v) is 1.70. The lowest BCUT2D eigenvalue weighted by atomic mass is 10.2. The van der Waals surface area contributed by atoms with Gasteiger partial charge in [-0.3, -0.25) is 9.69 Å². The number of hydrogen-bond donors (Lipinski definition) is 1. The summed E-state index contributed by atoms with van der Waals surface area (Å²) in [7, 11) is 1.82. The molecule has 1 N–H and O–H groups in total. The number of nitrogens with zero attached hydrogens (tertiary/aromatic N) is 1. The van der Waals surface area contributed by atoms with Crippen LogP contribution in [0, 0.1) is 0 Å². The molecule has 0 spiro atoms. The first kappa shape index (κ1) is 9.43. The molecule has 0 bridgehead atoms. The van der Waals surface area contributed by atoms with Gasteiger partial charge in [-0.15, -0.1) is 0 Å². The molecule has 0 amide bonds. The van der Waals surface area contributed by atoms with Crippen molar-refractivity contribution in [1.82, 2.24) is 4.90 Å². The number of carboxylic acid groups (broad SMARTS) is 1. The van der Waals surface area contributed by atoms with Gasteiger partial charge in [-0.25, -0.2) is 0 Å². The van der Waals surface area contributed by atoms with Crippen LogP contribution in [0.1, 0.15) is 20.3 Å². The van der Waals surface area contributed by atoms with Gasteiger partial charge in [-0.2, -0.15) is 0 Å². The topological polar surface area (TPSA) is 40.5 Å². The van der Waals surface area contributed by atoms with Gasteiger partial charge in [0.05, 0.1) is 0 Å². The summed E-state index contributed by atoms with van der Waals surface area (Å²) in [6, 6.07) is -0.315. The molecule has 0 aliphatic carbocycles. The molecule has 0 aromatic heterocycles. The maximum absolute atomic E-state index is 10.5. The Kier molecular flexibility index (Phi) is 4.03. The lowest BCUT2D eigenvalue weighted by Gasteiger charge is -2.20. The molecular formula is C7H15NO2. The van der Waals surface area contributed by atoms with Crippen molar-refractivity contribution in [2.45, 2.75) is 26.3 Å². The van der Waals surface area contributed by atoms with Crippen LogP contribution >= 0.6 is 0 Å². The molecule has 0 unspecified atom stereocenters. The lowest BCUT2D eigenvalue weighted by molar-refractivity contribution is -0.142. The predicted octanol–water partition coefficient (Wildman–Crippen LogP) is 0.801. The van der Waals surface area contributed by atoms with Crippen molar-refractivity contribution in [3.05, 3.63) is 0 Å². The number of carboxylic acids is 1. The average molecular weight is 145 g/mol. The van der Waals surface area contributed by atoms with E-state index in [2.05, 4.69) is 0 Å². The molecule has 0 saturated carbocycles. The van der Waals surface area contributed by atoms with E-state index in [0.29, 0.717) is 6.42 Å². The second-order valence-corrected chi connectivity index (χ2v) is 2.34. The SMILES string of the molecule is CC[C@@H](C(=O)O)N(C)CC. The monoisotopic (exact) mass is 145 g/mol. The molecule has 10 heavy (non-hydrogen) atoms. The van der Waals surface area contributed by atoms with Gasteiger partial charge in [0.25, 0.3) is 0 Å². The number of carbonyl (C=O) groups is 1. The number of rotatable bonds is 4. The van der Waals surface area contributed by atoms with E-state index >= 15 is 0 Å². The summed E-state index contributed by atoms with van der Waals surface area (Å²) in [5.74, 6) is -0.730. The van der Waals surface area contributed by atoms with E-state index < -0.39 is 5.97 Å². The van der Waals surface area contributed by atoms with Gasteiger partial charge in [0.1, 0.15) is 6.04 Å². The summed E-state index contributed by atoms with van der Waals surface area (Å²) < 4.78 is 0. The summed E-state index contributed by atoms with van der Waals surface area (Å²) in [5.41, 5.74) is 0. The Labute approximate surface area is 61.6 Å². The smallest absolute Gasteiger partial charge is 0.320 e. The van der Waals surface area contributed by atoms with Crippen LogP contribution < -0.4 is 0 Å². The van der Waals surface area contributed by atoms with Crippen molar-refractivity contribution in [1.29, 1.82) is 0 Å². The van der Waals surface area contributed by atoms with Crippen LogP contribution in [-0.4, -0.2) is 35.6 Å². The van der Waals surface area contributed by atoms with Crippen LogP contribution in [0.2, 0.25) is 0 Å². The van der Waals surface area contributed by atoms with E-state index in [0.717, 1.165) is 6.54 Å². The summed E-state index contributed by atoms with van der Waals surface area (Å²) in [6.45, 7) is 4.61. The minimum Gasteiger partial charge on any atom is -0.480 e. The quantitative estimate of drug-likeness (QED) is 0.636. The minimum absolute atomic E-state index is 0.315. The third kappa shape index (κ3) is 2.35. The molecule has 0 radical (unpaired) electrons. The van der Waals surface area contributed by atoms with Gasteiger partial charge in [0, 0.05) is 0 Å². The van der Waals surface area contributed by atoms with E-state index in [1.165, 1.54) is 0 Å². The van der Waals surface area contributed by atoms with Crippen molar-refractivity contribution in [2.24, 2.45) is 0 Å². The van der Waals surface area contributed by atoms with Crippen LogP contribution in [0.4, 0.5) is 0 Å². The molecular weight excluding hydrogens is 130 g/mol. The maximum Gasteiger partial charge on any atom is 0.320 e. The van der Waals surface area contributed by atoms with Gasteiger partial charge in [-0.1, -0.05) is 13.8 Å². The molecule has 0 aromatic carbocycles. The van der Waals surface area contributed by atoms with Crippen LogP contribution in [0.5, 0.6) is 0 Å².